The maximum atomic E-state index is 13.5. The van der Waals surface area contributed by atoms with Crippen molar-refractivity contribution in [1.82, 2.24) is 19.0 Å². The zero-order valence-corrected chi connectivity index (χ0v) is 19.9. The van der Waals surface area contributed by atoms with Gasteiger partial charge in [0.1, 0.15) is 16.4 Å². The molecule has 3 heterocycles. The molecule has 178 valence electrons. The highest BCUT2D eigenvalue weighted by atomic mass is 32.2. The topological polar surface area (TPSA) is 84.7 Å². The first-order valence-corrected chi connectivity index (χ1v) is 12.9. The van der Waals surface area contributed by atoms with E-state index in [2.05, 4.69) is 5.10 Å². The van der Waals surface area contributed by atoms with Crippen molar-refractivity contribution in [1.29, 1.82) is 0 Å². The Morgan fingerprint density at radius 2 is 1.74 bits per heavy atom. The molecule has 0 bridgehead atoms. The van der Waals surface area contributed by atoms with Crippen LogP contribution in [0.25, 0.3) is 0 Å². The number of likely N-dealkylation sites (tertiary alicyclic amines) is 1. The molecular weight excluding hydrogens is 452 g/mol. The number of piperidine rings is 1. The Hall–Kier alpha value is -3.17. The van der Waals surface area contributed by atoms with Gasteiger partial charge >= 0.3 is 0 Å². The van der Waals surface area contributed by atoms with Crippen molar-refractivity contribution >= 4 is 15.9 Å². The van der Waals surface area contributed by atoms with Crippen LogP contribution in [0.5, 0.6) is 11.5 Å². The van der Waals surface area contributed by atoms with Gasteiger partial charge in [-0.3, -0.25) is 9.48 Å². The number of hydrogen-bond acceptors (Lipinski definition) is 5. The summed E-state index contributed by atoms with van der Waals surface area (Å²) in [5.74, 6) is 1.56. The van der Waals surface area contributed by atoms with E-state index >= 15 is 0 Å². The number of amides is 1. The lowest BCUT2D eigenvalue weighted by Crippen LogP contribution is -2.49. The van der Waals surface area contributed by atoms with Crippen LogP contribution >= 0.6 is 0 Å². The number of benzene rings is 2. The van der Waals surface area contributed by atoms with E-state index in [4.69, 9.17) is 4.74 Å². The van der Waals surface area contributed by atoms with Crippen molar-refractivity contribution in [2.45, 2.75) is 30.7 Å². The van der Waals surface area contributed by atoms with Gasteiger partial charge < -0.3 is 9.64 Å². The minimum atomic E-state index is -3.67. The Bertz CT molecular complexity index is 1270. The number of ether oxygens (including phenoxy) is 1. The van der Waals surface area contributed by atoms with Crippen molar-refractivity contribution in [3.8, 4) is 11.5 Å². The molecule has 0 aliphatic carbocycles. The summed E-state index contributed by atoms with van der Waals surface area (Å²) in [6, 6.07) is 17.3. The zero-order chi connectivity index (χ0) is 23.8. The second-order valence-electron chi connectivity index (χ2n) is 9.11. The van der Waals surface area contributed by atoms with Crippen LogP contribution in [0.1, 0.15) is 24.8 Å². The minimum absolute atomic E-state index is 0.0446. The number of aromatic nitrogens is 2. The van der Waals surface area contributed by atoms with E-state index in [1.54, 1.807) is 7.05 Å². The lowest BCUT2D eigenvalue weighted by molar-refractivity contribution is -0.138. The van der Waals surface area contributed by atoms with Crippen molar-refractivity contribution in [2.24, 2.45) is 12.5 Å². The van der Waals surface area contributed by atoms with Crippen LogP contribution in [0.2, 0.25) is 0 Å². The van der Waals surface area contributed by atoms with Crippen LogP contribution in [-0.4, -0.2) is 52.9 Å². The quantitative estimate of drug-likeness (QED) is 0.540. The molecule has 1 spiro atoms. The first-order chi connectivity index (χ1) is 16.4. The smallest absolute Gasteiger partial charge is 0.246 e. The highest BCUT2D eigenvalue weighted by molar-refractivity contribution is 7.89. The fourth-order valence-electron chi connectivity index (χ4n) is 4.91. The van der Waals surface area contributed by atoms with Gasteiger partial charge in [0.15, 0.2) is 0 Å². The van der Waals surface area contributed by atoms with E-state index in [0.29, 0.717) is 38.9 Å². The molecule has 34 heavy (non-hydrogen) atoms. The van der Waals surface area contributed by atoms with Gasteiger partial charge in [0.25, 0.3) is 0 Å². The predicted octanol–water partition coefficient (Wildman–Crippen LogP) is 3.42. The normalized spacial score (nSPS) is 21.3. The van der Waals surface area contributed by atoms with Crippen LogP contribution in [0.4, 0.5) is 0 Å². The summed E-state index contributed by atoms with van der Waals surface area (Å²) >= 11 is 0. The van der Waals surface area contributed by atoms with Gasteiger partial charge in [-0.25, -0.2) is 8.42 Å². The van der Waals surface area contributed by atoms with E-state index in [1.165, 1.54) is 21.4 Å². The summed E-state index contributed by atoms with van der Waals surface area (Å²) in [5.41, 5.74) is 0.366. The van der Waals surface area contributed by atoms with Gasteiger partial charge in [-0.2, -0.15) is 9.40 Å². The second-order valence-corrected chi connectivity index (χ2v) is 11.0. The summed E-state index contributed by atoms with van der Waals surface area (Å²) in [7, 11) is -1.98. The first kappa shape index (κ1) is 22.6. The highest BCUT2D eigenvalue weighted by Crippen LogP contribution is 2.42. The molecule has 1 aromatic heterocycles. The molecule has 0 N–H and O–H groups in total. The summed E-state index contributed by atoms with van der Waals surface area (Å²) in [4.78, 5) is 15.5. The van der Waals surface area contributed by atoms with Crippen molar-refractivity contribution in [3.05, 3.63) is 72.6 Å². The number of nitrogens with zero attached hydrogens (tertiary/aromatic N) is 4. The zero-order valence-electron chi connectivity index (χ0n) is 19.1. The molecule has 2 aliphatic heterocycles. The number of rotatable bonds is 6. The van der Waals surface area contributed by atoms with Crippen LogP contribution < -0.4 is 4.74 Å². The number of carbonyl (C=O) groups is 1. The maximum absolute atomic E-state index is 13.5. The lowest BCUT2D eigenvalue weighted by atomic mass is 9.79. The molecular formula is C25H28N4O4S. The second kappa shape index (κ2) is 8.88. The third-order valence-electron chi connectivity index (χ3n) is 6.74. The summed E-state index contributed by atoms with van der Waals surface area (Å²) in [6.07, 6.45) is 4.92. The largest absolute Gasteiger partial charge is 0.457 e. The highest BCUT2D eigenvalue weighted by Gasteiger charge is 2.50. The molecule has 2 aromatic carbocycles. The minimum Gasteiger partial charge on any atom is -0.457 e. The van der Waals surface area contributed by atoms with Crippen LogP contribution in [0.15, 0.2) is 71.9 Å². The molecule has 2 aliphatic rings. The van der Waals surface area contributed by atoms with E-state index in [-0.39, 0.29) is 17.3 Å². The number of sulfonamides is 1. The van der Waals surface area contributed by atoms with E-state index in [0.717, 1.165) is 17.1 Å². The fourth-order valence-corrected chi connectivity index (χ4v) is 6.46. The molecule has 5 rings (SSSR count). The Labute approximate surface area is 199 Å². The van der Waals surface area contributed by atoms with Gasteiger partial charge in [0, 0.05) is 39.4 Å². The van der Waals surface area contributed by atoms with Gasteiger partial charge in [-0.1, -0.05) is 30.3 Å². The summed E-state index contributed by atoms with van der Waals surface area (Å²) in [5, 5.41) is 4.00. The summed E-state index contributed by atoms with van der Waals surface area (Å²) < 4.78 is 35.0. The number of para-hydroxylation sites is 1. The monoisotopic (exact) mass is 480 g/mol. The number of hydrogen-bond donors (Lipinski definition) is 0. The molecule has 0 saturated carbocycles. The molecule has 2 fully saturated rings. The van der Waals surface area contributed by atoms with Crippen molar-refractivity contribution in [3.63, 3.8) is 0 Å². The van der Waals surface area contributed by atoms with Gasteiger partial charge in [-0.05, 0) is 49.1 Å². The van der Waals surface area contributed by atoms with E-state index in [1.807, 2.05) is 59.5 Å². The third-order valence-corrected chi connectivity index (χ3v) is 8.54. The van der Waals surface area contributed by atoms with E-state index in [9.17, 15) is 13.2 Å². The molecule has 1 amide bonds. The Morgan fingerprint density at radius 1 is 1.00 bits per heavy atom. The van der Waals surface area contributed by atoms with Gasteiger partial charge in [0.05, 0.1) is 11.6 Å². The van der Waals surface area contributed by atoms with Crippen molar-refractivity contribution in [2.75, 3.05) is 19.6 Å². The van der Waals surface area contributed by atoms with Crippen LogP contribution in [-0.2, 0) is 28.4 Å². The van der Waals surface area contributed by atoms with Crippen LogP contribution in [0, 0.1) is 5.41 Å². The van der Waals surface area contributed by atoms with Gasteiger partial charge in [-0.15, -0.1) is 0 Å². The number of carbonyl (C=O) groups excluding carboxylic acids is 1. The molecule has 1 atom stereocenters. The van der Waals surface area contributed by atoms with Crippen molar-refractivity contribution < 1.29 is 17.9 Å². The Morgan fingerprint density at radius 3 is 2.44 bits per heavy atom. The first-order valence-electron chi connectivity index (χ1n) is 11.5. The van der Waals surface area contributed by atoms with E-state index < -0.39 is 15.4 Å². The molecule has 0 radical (unpaired) electrons. The molecule has 3 aromatic rings. The lowest BCUT2D eigenvalue weighted by Gasteiger charge is -2.38. The van der Waals surface area contributed by atoms with Crippen LogP contribution in [0.3, 0.4) is 0 Å². The average molecular weight is 481 g/mol. The standard InChI is InChI=1S/C25H28N4O4S/c1-27-18-23(16-26-27)34(31,32)29-14-5-12-25(19-29)13-15-28(24(25)30)17-20-8-10-22(11-9-20)33-21-6-3-2-4-7-21/h2-4,6-11,16,18H,5,12-15,17,19H2,1H3. The molecule has 2 saturated heterocycles. The fraction of sp³-hybridized carbons (Fsp3) is 0.360. The SMILES string of the molecule is Cn1cc(S(=O)(=O)N2CCCC3(CCN(Cc4ccc(Oc5ccccc5)cc4)C3=O)C2)cn1. The molecule has 1 unspecified atom stereocenters. The Kier molecular flexibility index (Phi) is 5.91. The predicted molar refractivity (Wildman–Crippen MR) is 127 cm³/mol. The molecule has 8 nitrogen and oxygen atoms in total. The Balaban J connectivity index is 1.25. The average Bonchev–Trinajstić information content (AvgIpc) is 3.41. The number of aryl methyl sites for hydroxylation is 1. The third kappa shape index (κ3) is 4.33. The van der Waals surface area contributed by atoms with Gasteiger partial charge in [0.2, 0.25) is 15.9 Å². The molecule has 9 heteroatoms. The summed E-state index contributed by atoms with van der Waals surface area (Å²) in [6.45, 7) is 1.78. The maximum Gasteiger partial charge on any atom is 0.246 e.